The Morgan fingerprint density at radius 1 is 1.11 bits per heavy atom. The van der Waals surface area contributed by atoms with Crippen LogP contribution in [0.5, 0.6) is 5.75 Å². The van der Waals surface area contributed by atoms with Crippen molar-refractivity contribution in [3.63, 3.8) is 0 Å². The molecule has 3 aromatic rings. The molecule has 0 aliphatic heterocycles. The Labute approximate surface area is 170 Å². The summed E-state index contributed by atoms with van der Waals surface area (Å²) in [6, 6.07) is 15.2. The van der Waals surface area contributed by atoms with E-state index in [2.05, 4.69) is 16.5 Å². The highest BCUT2D eigenvalue weighted by Gasteiger charge is 2.07. The van der Waals surface area contributed by atoms with Crippen molar-refractivity contribution in [1.29, 1.82) is 0 Å². The molecule has 3 rings (SSSR count). The van der Waals surface area contributed by atoms with E-state index in [9.17, 15) is 4.79 Å². The van der Waals surface area contributed by atoms with Crippen LogP contribution in [0.1, 0.15) is 32.9 Å². The van der Waals surface area contributed by atoms with Gasteiger partial charge in [-0.3, -0.25) is 9.48 Å². The van der Waals surface area contributed by atoms with Crippen LogP contribution >= 0.6 is 11.6 Å². The first-order chi connectivity index (χ1) is 13.4. The summed E-state index contributed by atoms with van der Waals surface area (Å²) in [6.45, 7) is 7.44. The fourth-order valence-electron chi connectivity index (χ4n) is 2.87. The van der Waals surface area contributed by atoms with Crippen molar-refractivity contribution in [3.05, 3.63) is 81.6 Å². The Morgan fingerprint density at radius 2 is 1.86 bits per heavy atom. The first kappa shape index (κ1) is 20.0. The van der Waals surface area contributed by atoms with E-state index in [0.717, 1.165) is 22.5 Å². The summed E-state index contributed by atoms with van der Waals surface area (Å²) in [4.78, 5) is 12.3. The second-order valence-electron chi connectivity index (χ2n) is 6.80. The van der Waals surface area contributed by atoms with E-state index in [1.54, 1.807) is 6.07 Å². The number of ether oxygens (including phenoxy) is 1. The van der Waals surface area contributed by atoms with Gasteiger partial charge in [0.15, 0.2) is 0 Å². The SMILES string of the molecule is Cc1cc(C)n(Cc2ccc(C(=O)NCCOc3ccc(C)c(Cl)c3)cc2)n1. The van der Waals surface area contributed by atoms with Crippen LogP contribution < -0.4 is 10.1 Å². The van der Waals surface area contributed by atoms with Gasteiger partial charge in [0.1, 0.15) is 12.4 Å². The van der Waals surface area contributed by atoms with Crippen molar-refractivity contribution in [1.82, 2.24) is 15.1 Å². The van der Waals surface area contributed by atoms with E-state index in [1.807, 2.05) is 61.9 Å². The van der Waals surface area contributed by atoms with E-state index >= 15 is 0 Å². The quantitative estimate of drug-likeness (QED) is 0.604. The minimum Gasteiger partial charge on any atom is -0.492 e. The number of benzene rings is 2. The lowest BCUT2D eigenvalue weighted by Gasteiger charge is -2.09. The van der Waals surface area contributed by atoms with E-state index in [1.165, 1.54) is 0 Å². The minimum absolute atomic E-state index is 0.122. The third kappa shape index (κ3) is 5.14. The number of hydrogen-bond acceptors (Lipinski definition) is 3. The highest BCUT2D eigenvalue weighted by molar-refractivity contribution is 6.31. The van der Waals surface area contributed by atoms with Gasteiger partial charge >= 0.3 is 0 Å². The molecule has 146 valence electrons. The normalized spacial score (nSPS) is 10.7. The van der Waals surface area contributed by atoms with Gasteiger partial charge in [-0.2, -0.15) is 5.10 Å². The van der Waals surface area contributed by atoms with Crippen molar-refractivity contribution < 1.29 is 9.53 Å². The highest BCUT2D eigenvalue weighted by Crippen LogP contribution is 2.21. The molecule has 0 unspecified atom stereocenters. The smallest absolute Gasteiger partial charge is 0.251 e. The molecule has 28 heavy (non-hydrogen) atoms. The summed E-state index contributed by atoms with van der Waals surface area (Å²) >= 11 is 6.08. The van der Waals surface area contributed by atoms with E-state index in [4.69, 9.17) is 16.3 Å². The van der Waals surface area contributed by atoms with Gasteiger partial charge in [0.25, 0.3) is 5.91 Å². The highest BCUT2D eigenvalue weighted by atomic mass is 35.5. The zero-order chi connectivity index (χ0) is 20.1. The molecule has 0 bridgehead atoms. The van der Waals surface area contributed by atoms with E-state index in [-0.39, 0.29) is 5.91 Å². The fourth-order valence-corrected chi connectivity index (χ4v) is 3.04. The largest absolute Gasteiger partial charge is 0.492 e. The van der Waals surface area contributed by atoms with Crippen LogP contribution in [-0.4, -0.2) is 28.8 Å². The predicted octanol–water partition coefficient (Wildman–Crippen LogP) is 4.32. The molecule has 0 radical (unpaired) electrons. The lowest BCUT2D eigenvalue weighted by molar-refractivity contribution is 0.0947. The zero-order valence-electron chi connectivity index (χ0n) is 16.3. The summed E-state index contributed by atoms with van der Waals surface area (Å²) in [5, 5.41) is 7.99. The van der Waals surface area contributed by atoms with Crippen LogP contribution in [0.15, 0.2) is 48.5 Å². The number of nitrogens with one attached hydrogen (secondary N) is 1. The van der Waals surface area contributed by atoms with Gasteiger partial charge < -0.3 is 10.1 Å². The third-order valence-electron chi connectivity index (χ3n) is 4.45. The lowest BCUT2D eigenvalue weighted by atomic mass is 10.1. The van der Waals surface area contributed by atoms with Crippen molar-refractivity contribution in [2.45, 2.75) is 27.3 Å². The second-order valence-corrected chi connectivity index (χ2v) is 7.20. The molecule has 1 heterocycles. The van der Waals surface area contributed by atoms with E-state index in [0.29, 0.717) is 36.0 Å². The molecule has 1 amide bonds. The van der Waals surface area contributed by atoms with Gasteiger partial charge in [-0.05, 0) is 62.2 Å². The number of halogens is 1. The second kappa shape index (κ2) is 8.93. The summed E-state index contributed by atoms with van der Waals surface area (Å²) in [5.74, 6) is 0.571. The number of rotatable bonds is 7. The average Bonchev–Trinajstić information content (AvgIpc) is 2.99. The average molecular weight is 398 g/mol. The van der Waals surface area contributed by atoms with Crippen LogP contribution in [0.3, 0.4) is 0 Å². The summed E-state index contributed by atoms with van der Waals surface area (Å²) in [6.07, 6.45) is 0. The summed E-state index contributed by atoms with van der Waals surface area (Å²) < 4.78 is 7.58. The monoisotopic (exact) mass is 397 g/mol. The maximum atomic E-state index is 12.3. The van der Waals surface area contributed by atoms with Crippen molar-refractivity contribution in [3.8, 4) is 5.75 Å². The molecular weight excluding hydrogens is 374 g/mol. The Bertz CT molecular complexity index is 964. The Kier molecular flexibility index (Phi) is 6.37. The van der Waals surface area contributed by atoms with Crippen molar-refractivity contribution in [2.24, 2.45) is 0 Å². The molecule has 0 saturated carbocycles. The summed E-state index contributed by atoms with van der Waals surface area (Å²) in [5.41, 5.74) is 4.85. The number of aromatic nitrogens is 2. The molecule has 6 heteroatoms. The molecule has 1 aromatic heterocycles. The zero-order valence-corrected chi connectivity index (χ0v) is 17.1. The maximum absolute atomic E-state index is 12.3. The molecule has 5 nitrogen and oxygen atoms in total. The molecule has 0 saturated heterocycles. The van der Waals surface area contributed by atoms with Gasteiger partial charge in [0, 0.05) is 16.3 Å². The van der Waals surface area contributed by atoms with Crippen LogP contribution in [0.4, 0.5) is 0 Å². The lowest BCUT2D eigenvalue weighted by Crippen LogP contribution is -2.28. The van der Waals surface area contributed by atoms with Gasteiger partial charge in [0.05, 0.1) is 18.8 Å². The number of carbonyl (C=O) groups excluding carboxylic acids is 1. The number of aryl methyl sites for hydroxylation is 3. The molecule has 0 aliphatic carbocycles. The van der Waals surface area contributed by atoms with Crippen molar-refractivity contribution in [2.75, 3.05) is 13.2 Å². The molecule has 0 spiro atoms. The Morgan fingerprint density at radius 3 is 2.50 bits per heavy atom. The fraction of sp³-hybridized carbons (Fsp3) is 0.273. The molecule has 0 fully saturated rings. The molecule has 2 aromatic carbocycles. The Balaban J connectivity index is 1.47. The first-order valence-electron chi connectivity index (χ1n) is 9.19. The third-order valence-corrected chi connectivity index (χ3v) is 4.86. The van der Waals surface area contributed by atoms with Crippen molar-refractivity contribution >= 4 is 17.5 Å². The van der Waals surface area contributed by atoms with Gasteiger partial charge in [0.2, 0.25) is 0 Å². The maximum Gasteiger partial charge on any atom is 0.251 e. The number of amides is 1. The van der Waals surface area contributed by atoms with E-state index < -0.39 is 0 Å². The number of hydrogen-bond donors (Lipinski definition) is 1. The van der Waals surface area contributed by atoms with Crippen LogP contribution in [0, 0.1) is 20.8 Å². The Hall–Kier alpha value is -2.79. The first-order valence-corrected chi connectivity index (χ1v) is 9.57. The number of nitrogens with zero attached hydrogens (tertiary/aromatic N) is 2. The summed E-state index contributed by atoms with van der Waals surface area (Å²) in [7, 11) is 0. The topological polar surface area (TPSA) is 56.2 Å². The van der Waals surface area contributed by atoms with Gasteiger partial charge in [-0.25, -0.2) is 0 Å². The standard InChI is InChI=1S/C22H24ClN3O2/c1-15-4-9-20(13-21(15)23)28-11-10-24-22(27)19-7-5-18(6-8-19)14-26-17(3)12-16(2)25-26/h4-9,12-13H,10-11,14H2,1-3H3,(H,24,27). The number of carbonyl (C=O) groups is 1. The molecule has 0 aliphatic rings. The van der Waals surface area contributed by atoms with Gasteiger partial charge in [-0.1, -0.05) is 29.8 Å². The minimum atomic E-state index is -0.122. The molecular formula is C22H24ClN3O2. The molecule has 1 N–H and O–H groups in total. The van der Waals surface area contributed by atoms with Crippen LogP contribution in [-0.2, 0) is 6.54 Å². The van der Waals surface area contributed by atoms with Crippen LogP contribution in [0.25, 0.3) is 0 Å². The molecule has 0 atom stereocenters. The van der Waals surface area contributed by atoms with Gasteiger partial charge in [-0.15, -0.1) is 0 Å². The van der Waals surface area contributed by atoms with Crippen LogP contribution in [0.2, 0.25) is 5.02 Å². The predicted molar refractivity (Wildman–Crippen MR) is 111 cm³/mol.